The third-order valence-electron chi connectivity index (χ3n) is 2.20. The van der Waals surface area contributed by atoms with Gasteiger partial charge in [0.2, 0.25) is 5.95 Å². The number of hydrogen-bond acceptors (Lipinski definition) is 5. The van der Waals surface area contributed by atoms with E-state index in [4.69, 9.17) is 9.57 Å². The first-order valence-electron chi connectivity index (χ1n) is 5.18. The number of aromatic nitrogens is 2. The number of imidazole rings is 1. The molecule has 1 rings (SSSR count). The zero-order chi connectivity index (χ0) is 12.0. The van der Waals surface area contributed by atoms with Gasteiger partial charge in [-0.3, -0.25) is 4.84 Å². The Morgan fingerprint density at radius 2 is 2.19 bits per heavy atom. The summed E-state index contributed by atoms with van der Waals surface area (Å²) < 4.78 is 6.88. The van der Waals surface area contributed by atoms with Crippen LogP contribution < -0.4 is 10.4 Å². The Kier molecular flexibility index (Phi) is 5.24. The average molecular weight is 228 g/mol. The lowest BCUT2D eigenvalue weighted by atomic mass is 10.5. The van der Waals surface area contributed by atoms with Crippen LogP contribution in [0.3, 0.4) is 0 Å². The summed E-state index contributed by atoms with van der Waals surface area (Å²) in [6.07, 6.45) is 1.84. The van der Waals surface area contributed by atoms with Crippen LogP contribution in [0.1, 0.15) is 5.69 Å². The minimum Gasteiger partial charge on any atom is -0.382 e. The Morgan fingerprint density at radius 1 is 1.44 bits per heavy atom. The second-order valence-electron chi connectivity index (χ2n) is 3.67. The van der Waals surface area contributed by atoms with Crippen LogP contribution in [0.5, 0.6) is 0 Å². The van der Waals surface area contributed by atoms with E-state index in [0.717, 1.165) is 11.6 Å². The topological polar surface area (TPSA) is 51.6 Å². The van der Waals surface area contributed by atoms with Crippen LogP contribution in [0.4, 0.5) is 5.95 Å². The fraction of sp³-hybridized carbons (Fsp3) is 0.700. The molecule has 16 heavy (non-hydrogen) atoms. The molecule has 0 bridgehead atoms. The molecule has 92 valence electrons. The molecule has 0 spiro atoms. The molecule has 1 aromatic rings. The van der Waals surface area contributed by atoms with Gasteiger partial charge in [0.05, 0.1) is 31.6 Å². The SMILES string of the molecule is COCCONCc1cnc(N(C)C)n1C. The standard InChI is InChI=1S/C10H20N4O2/c1-13(2)10-11-7-9(14(10)3)8-12-16-6-5-15-4/h7,12H,5-6,8H2,1-4H3. The number of hydrogen-bond donors (Lipinski definition) is 1. The minimum absolute atomic E-state index is 0.537. The minimum atomic E-state index is 0.537. The van der Waals surface area contributed by atoms with E-state index in [2.05, 4.69) is 10.5 Å². The van der Waals surface area contributed by atoms with E-state index in [1.165, 1.54) is 0 Å². The summed E-state index contributed by atoms with van der Waals surface area (Å²) >= 11 is 0. The van der Waals surface area contributed by atoms with Crippen molar-refractivity contribution in [1.29, 1.82) is 0 Å². The van der Waals surface area contributed by atoms with Crippen LogP contribution in [-0.4, -0.2) is 44.0 Å². The maximum absolute atomic E-state index is 5.17. The van der Waals surface area contributed by atoms with Gasteiger partial charge in [-0.05, 0) is 0 Å². The van der Waals surface area contributed by atoms with Crippen molar-refractivity contribution in [3.63, 3.8) is 0 Å². The summed E-state index contributed by atoms with van der Waals surface area (Å²) in [6.45, 7) is 1.75. The maximum Gasteiger partial charge on any atom is 0.204 e. The molecule has 0 aromatic carbocycles. The van der Waals surface area contributed by atoms with E-state index in [0.29, 0.717) is 19.8 Å². The van der Waals surface area contributed by atoms with Gasteiger partial charge in [-0.25, -0.2) is 4.98 Å². The van der Waals surface area contributed by atoms with E-state index in [1.807, 2.05) is 36.8 Å². The van der Waals surface area contributed by atoms with Crippen LogP contribution in [0.25, 0.3) is 0 Å². The Balaban J connectivity index is 2.37. The van der Waals surface area contributed by atoms with Crippen molar-refractivity contribution in [2.24, 2.45) is 7.05 Å². The molecule has 0 unspecified atom stereocenters. The number of methoxy groups -OCH3 is 1. The molecule has 1 aromatic heterocycles. The van der Waals surface area contributed by atoms with E-state index >= 15 is 0 Å². The van der Waals surface area contributed by atoms with Gasteiger partial charge in [-0.2, -0.15) is 5.48 Å². The molecule has 0 saturated heterocycles. The molecule has 0 atom stereocenters. The van der Waals surface area contributed by atoms with Crippen molar-refractivity contribution in [2.75, 3.05) is 39.3 Å². The van der Waals surface area contributed by atoms with Gasteiger partial charge in [0.25, 0.3) is 0 Å². The van der Waals surface area contributed by atoms with Crippen molar-refractivity contribution >= 4 is 5.95 Å². The molecule has 0 fully saturated rings. The zero-order valence-corrected chi connectivity index (χ0v) is 10.4. The normalized spacial score (nSPS) is 10.8. The Morgan fingerprint density at radius 3 is 2.75 bits per heavy atom. The van der Waals surface area contributed by atoms with Gasteiger partial charge in [0.15, 0.2) is 0 Å². The van der Waals surface area contributed by atoms with Crippen LogP contribution in [0.2, 0.25) is 0 Å². The Bertz CT molecular complexity index is 312. The third-order valence-corrected chi connectivity index (χ3v) is 2.20. The van der Waals surface area contributed by atoms with Crippen LogP contribution >= 0.6 is 0 Å². The molecule has 0 aliphatic carbocycles. The van der Waals surface area contributed by atoms with Crippen molar-refractivity contribution in [1.82, 2.24) is 15.0 Å². The molecule has 1 heterocycles. The second-order valence-corrected chi connectivity index (χ2v) is 3.67. The average Bonchev–Trinajstić information content (AvgIpc) is 2.60. The number of nitrogens with one attached hydrogen (secondary N) is 1. The largest absolute Gasteiger partial charge is 0.382 e. The molecule has 0 aliphatic rings. The fourth-order valence-corrected chi connectivity index (χ4v) is 1.34. The number of hydroxylamine groups is 1. The van der Waals surface area contributed by atoms with Gasteiger partial charge in [0, 0.05) is 28.3 Å². The summed E-state index contributed by atoms with van der Waals surface area (Å²) in [6, 6.07) is 0. The summed E-state index contributed by atoms with van der Waals surface area (Å²) in [4.78, 5) is 11.4. The first-order chi connectivity index (χ1) is 7.66. The van der Waals surface area contributed by atoms with E-state index < -0.39 is 0 Å². The maximum atomic E-state index is 5.17. The van der Waals surface area contributed by atoms with Crippen LogP contribution in [0.15, 0.2) is 6.20 Å². The molecular formula is C10H20N4O2. The third kappa shape index (κ3) is 3.48. The highest BCUT2D eigenvalue weighted by atomic mass is 16.7. The smallest absolute Gasteiger partial charge is 0.204 e. The molecule has 0 aliphatic heterocycles. The van der Waals surface area contributed by atoms with Gasteiger partial charge in [-0.1, -0.05) is 0 Å². The van der Waals surface area contributed by atoms with Crippen molar-refractivity contribution in [3.05, 3.63) is 11.9 Å². The Labute approximate surface area is 96.1 Å². The predicted octanol–water partition coefficient (Wildman–Crippen LogP) is 0.154. The van der Waals surface area contributed by atoms with E-state index in [1.54, 1.807) is 7.11 Å². The first-order valence-corrected chi connectivity index (χ1v) is 5.18. The van der Waals surface area contributed by atoms with Crippen LogP contribution in [-0.2, 0) is 23.2 Å². The lowest BCUT2D eigenvalue weighted by Gasteiger charge is -2.12. The lowest BCUT2D eigenvalue weighted by molar-refractivity contribution is 0.00269. The number of rotatable bonds is 7. The van der Waals surface area contributed by atoms with Gasteiger partial charge in [-0.15, -0.1) is 0 Å². The predicted molar refractivity (Wildman–Crippen MR) is 62.2 cm³/mol. The van der Waals surface area contributed by atoms with Crippen molar-refractivity contribution in [2.45, 2.75) is 6.54 Å². The molecular weight excluding hydrogens is 208 g/mol. The highest BCUT2D eigenvalue weighted by Crippen LogP contribution is 2.10. The number of ether oxygens (including phenoxy) is 1. The van der Waals surface area contributed by atoms with Gasteiger partial charge >= 0.3 is 0 Å². The van der Waals surface area contributed by atoms with Gasteiger partial charge < -0.3 is 14.2 Å². The summed E-state index contributed by atoms with van der Waals surface area (Å²) in [5.74, 6) is 0.925. The summed E-state index contributed by atoms with van der Waals surface area (Å²) in [7, 11) is 7.56. The second kappa shape index (κ2) is 6.47. The van der Waals surface area contributed by atoms with Crippen molar-refractivity contribution < 1.29 is 9.57 Å². The van der Waals surface area contributed by atoms with E-state index in [9.17, 15) is 0 Å². The zero-order valence-electron chi connectivity index (χ0n) is 10.4. The summed E-state index contributed by atoms with van der Waals surface area (Å²) in [5, 5.41) is 0. The number of nitrogens with zero attached hydrogens (tertiary/aromatic N) is 3. The molecule has 6 nitrogen and oxygen atoms in total. The summed E-state index contributed by atoms with van der Waals surface area (Å²) in [5.41, 5.74) is 3.94. The lowest BCUT2D eigenvalue weighted by Crippen LogP contribution is -2.20. The van der Waals surface area contributed by atoms with Crippen LogP contribution in [0, 0.1) is 0 Å². The highest BCUT2D eigenvalue weighted by molar-refractivity contribution is 5.30. The molecule has 1 N–H and O–H groups in total. The highest BCUT2D eigenvalue weighted by Gasteiger charge is 2.07. The molecule has 0 radical (unpaired) electrons. The van der Waals surface area contributed by atoms with E-state index in [-0.39, 0.29) is 0 Å². The molecule has 6 heteroatoms. The monoisotopic (exact) mass is 228 g/mol. The first kappa shape index (κ1) is 13.0. The quantitative estimate of drug-likeness (QED) is 0.532. The molecule has 0 saturated carbocycles. The number of anilines is 1. The Hall–Kier alpha value is -1.11. The fourth-order valence-electron chi connectivity index (χ4n) is 1.34. The van der Waals surface area contributed by atoms with Gasteiger partial charge in [0.1, 0.15) is 0 Å². The van der Waals surface area contributed by atoms with Crippen molar-refractivity contribution in [3.8, 4) is 0 Å². The molecule has 0 amide bonds.